The minimum Gasteiger partial charge on any atom is -0.481 e. The molecule has 1 aliphatic rings. The van der Waals surface area contributed by atoms with Crippen molar-refractivity contribution in [3.05, 3.63) is 107 Å². The lowest BCUT2D eigenvalue weighted by atomic mass is 9.99. The van der Waals surface area contributed by atoms with E-state index < -0.39 is 17.4 Å². The Kier molecular flexibility index (Phi) is 7.74. The molecule has 200 valence electrons. The molecule has 5 rings (SSSR count). The molecule has 1 aliphatic carbocycles. The van der Waals surface area contributed by atoms with Crippen molar-refractivity contribution < 1.29 is 19.1 Å². The van der Waals surface area contributed by atoms with Gasteiger partial charge in [-0.1, -0.05) is 66.6 Å². The van der Waals surface area contributed by atoms with E-state index >= 15 is 0 Å². The van der Waals surface area contributed by atoms with E-state index in [1.807, 2.05) is 12.1 Å². The van der Waals surface area contributed by atoms with Gasteiger partial charge in [-0.25, -0.2) is 4.98 Å². The molecule has 1 aromatic heterocycles. The van der Waals surface area contributed by atoms with Gasteiger partial charge >= 0.3 is 11.8 Å². The summed E-state index contributed by atoms with van der Waals surface area (Å²) in [5, 5.41) is 10.5. The number of aromatic nitrogens is 1. The molecule has 0 saturated heterocycles. The maximum atomic E-state index is 13.3. The van der Waals surface area contributed by atoms with Crippen molar-refractivity contribution in [1.82, 2.24) is 20.9 Å². The van der Waals surface area contributed by atoms with E-state index in [9.17, 15) is 14.4 Å². The van der Waals surface area contributed by atoms with Crippen LogP contribution in [0.4, 0.5) is 0 Å². The highest BCUT2D eigenvalue weighted by Crippen LogP contribution is 2.46. The van der Waals surface area contributed by atoms with E-state index in [1.165, 1.54) is 7.11 Å². The lowest BCUT2D eigenvalue weighted by Crippen LogP contribution is -2.40. The largest absolute Gasteiger partial charge is 0.481 e. The number of pyridine rings is 1. The first-order valence-corrected chi connectivity index (χ1v) is 12.9. The van der Waals surface area contributed by atoms with Crippen molar-refractivity contribution in [2.45, 2.75) is 24.9 Å². The van der Waals surface area contributed by atoms with Gasteiger partial charge in [0.2, 0.25) is 5.88 Å². The number of hydrogen-bond donors (Lipinski definition) is 3. The molecule has 1 saturated carbocycles. The van der Waals surface area contributed by atoms with Crippen LogP contribution in [0.1, 0.15) is 40.0 Å². The van der Waals surface area contributed by atoms with Gasteiger partial charge in [0.25, 0.3) is 5.91 Å². The van der Waals surface area contributed by atoms with Crippen LogP contribution in [0.2, 0.25) is 0 Å². The SMILES string of the molecule is COc1cccc(C#CCNC(=O)C(=O)NCc2ccccc2C(=O)NC2(c3ccc4ccccc4c3)CC2)n1. The second-order valence-corrected chi connectivity index (χ2v) is 9.49. The van der Waals surface area contributed by atoms with Crippen LogP contribution in [0.15, 0.2) is 84.9 Å². The van der Waals surface area contributed by atoms with E-state index in [-0.39, 0.29) is 19.0 Å². The van der Waals surface area contributed by atoms with Crippen LogP contribution in [0.3, 0.4) is 0 Å². The molecule has 4 aromatic rings. The number of ether oxygens (including phenoxy) is 1. The summed E-state index contributed by atoms with van der Waals surface area (Å²) in [5.41, 5.74) is 2.22. The van der Waals surface area contributed by atoms with Crippen molar-refractivity contribution in [3.8, 4) is 17.7 Å². The molecule has 0 spiro atoms. The van der Waals surface area contributed by atoms with Crippen LogP contribution >= 0.6 is 0 Å². The minimum atomic E-state index is -0.817. The fourth-order valence-corrected chi connectivity index (χ4v) is 4.47. The summed E-state index contributed by atoms with van der Waals surface area (Å²) in [6.07, 6.45) is 1.71. The lowest BCUT2D eigenvalue weighted by molar-refractivity contribution is -0.139. The standard InChI is InChI=1S/C32H28N4O4/c1-40-28-14-6-11-26(35-28)12-7-19-33-30(38)31(39)34-21-24-10-4-5-13-27(24)29(37)36-32(17-18-32)25-16-15-22-8-2-3-9-23(22)20-25/h2-6,8-11,13-16,20H,17-19,21H2,1H3,(H,33,38)(H,34,39)(H,36,37). The lowest BCUT2D eigenvalue weighted by Gasteiger charge is -2.20. The number of benzene rings is 3. The molecule has 1 fully saturated rings. The number of carbonyl (C=O) groups is 3. The Labute approximate surface area is 232 Å². The van der Waals surface area contributed by atoms with Crippen LogP contribution < -0.4 is 20.7 Å². The van der Waals surface area contributed by atoms with Crippen molar-refractivity contribution in [2.75, 3.05) is 13.7 Å². The zero-order valence-corrected chi connectivity index (χ0v) is 22.0. The molecule has 0 aliphatic heterocycles. The van der Waals surface area contributed by atoms with Gasteiger partial charge in [-0.05, 0) is 58.9 Å². The molecule has 0 bridgehead atoms. The summed E-state index contributed by atoms with van der Waals surface area (Å²) in [5.74, 6) is 4.14. The quantitative estimate of drug-likeness (QED) is 0.250. The maximum Gasteiger partial charge on any atom is 0.310 e. The van der Waals surface area contributed by atoms with Crippen LogP contribution in [0.25, 0.3) is 10.8 Å². The van der Waals surface area contributed by atoms with E-state index in [2.05, 4.69) is 63.1 Å². The molecule has 0 atom stereocenters. The van der Waals surface area contributed by atoms with Crippen LogP contribution in [0.5, 0.6) is 5.88 Å². The van der Waals surface area contributed by atoms with Gasteiger partial charge < -0.3 is 20.7 Å². The molecule has 0 unspecified atom stereocenters. The molecule has 8 nitrogen and oxygen atoms in total. The topological polar surface area (TPSA) is 109 Å². The van der Waals surface area contributed by atoms with Gasteiger partial charge in [-0.3, -0.25) is 14.4 Å². The molecule has 3 amide bonds. The van der Waals surface area contributed by atoms with Gasteiger partial charge in [0.1, 0.15) is 5.69 Å². The summed E-state index contributed by atoms with van der Waals surface area (Å²) in [7, 11) is 1.51. The molecular formula is C32H28N4O4. The minimum absolute atomic E-state index is 0.0260. The van der Waals surface area contributed by atoms with Gasteiger partial charge in [-0.15, -0.1) is 0 Å². The van der Waals surface area contributed by atoms with Gasteiger partial charge in [0.05, 0.1) is 19.2 Å². The first-order chi connectivity index (χ1) is 19.5. The fraction of sp³-hybridized carbons (Fsp3) is 0.188. The highest BCUT2D eigenvalue weighted by atomic mass is 16.5. The van der Waals surface area contributed by atoms with Crippen LogP contribution in [-0.4, -0.2) is 36.4 Å². The van der Waals surface area contributed by atoms with Crippen molar-refractivity contribution >= 4 is 28.5 Å². The molecular weight excluding hydrogens is 504 g/mol. The van der Waals surface area contributed by atoms with E-state index in [4.69, 9.17) is 4.74 Å². The number of amides is 3. The van der Waals surface area contributed by atoms with E-state index in [1.54, 1.807) is 42.5 Å². The Balaban J connectivity index is 1.17. The van der Waals surface area contributed by atoms with Crippen molar-refractivity contribution in [3.63, 3.8) is 0 Å². The highest BCUT2D eigenvalue weighted by molar-refractivity contribution is 6.35. The summed E-state index contributed by atoms with van der Waals surface area (Å²) < 4.78 is 5.05. The van der Waals surface area contributed by atoms with Crippen LogP contribution in [0, 0.1) is 11.8 Å². The average Bonchev–Trinajstić information content (AvgIpc) is 3.78. The first kappa shape index (κ1) is 26.4. The molecule has 40 heavy (non-hydrogen) atoms. The van der Waals surface area contributed by atoms with Gasteiger partial charge in [-0.2, -0.15) is 0 Å². The maximum absolute atomic E-state index is 13.3. The Morgan fingerprint density at radius 3 is 2.42 bits per heavy atom. The zero-order valence-electron chi connectivity index (χ0n) is 22.0. The highest BCUT2D eigenvalue weighted by Gasteiger charge is 2.46. The summed E-state index contributed by atoms with van der Waals surface area (Å²) in [4.78, 5) is 42.1. The first-order valence-electron chi connectivity index (χ1n) is 12.9. The molecule has 3 N–H and O–H groups in total. The second kappa shape index (κ2) is 11.7. The number of carbonyl (C=O) groups excluding carboxylic acids is 3. The smallest absolute Gasteiger partial charge is 0.310 e. The molecule has 8 heteroatoms. The third kappa shape index (κ3) is 6.11. The summed E-state index contributed by atoms with van der Waals surface area (Å²) in [6, 6.07) is 26.6. The Hall–Kier alpha value is -5.16. The summed E-state index contributed by atoms with van der Waals surface area (Å²) in [6.45, 7) is -0.000773. The van der Waals surface area contributed by atoms with E-state index in [0.717, 1.165) is 29.2 Å². The number of methoxy groups -OCH3 is 1. The molecule has 0 radical (unpaired) electrons. The van der Waals surface area contributed by atoms with Crippen LogP contribution in [-0.2, 0) is 21.7 Å². The average molecular weight is 533 g/mol. The third-order valence-corrected chi connectivity index (χ3v) is 6.80. The normalized spacial score (nSPS) is 12.9. The number of nitrogens with zero attached hydrogens (tertiary/aromatic N) is 1. The monoisotopic (exact) mass is 532 g/mol. The predicted octanol–water partition coefficient (Wildman–Crippen LogP) is 3.45. The molecule has 1 heterocycles. The number of nitrogens with one attached hydrogen (secondary N) is 3. The predicted molar refractivity (Wildman–Crippen MR) is 151 cm³/mol. The third-order valence-electron chi connectivity index (χ3n) is 6.80. The molecule has 3 aromatic carbocycles. The number of rotatable bonds is 7. The second-order valence-electron chi connectivity index (χ2n) is 9.49. The Bertz CT molecular complexity index is 1650. The van der Waals surface area contributed by atoms with E-state index in [0.29, 0.717) is 22.7 Å². The van der Waals surface area contributed by atoms with Gasteiger partial charge in [0.15, 0.2) is 0 Å². The van der Waals surface area contributed by atoms with Crippen molar-refractivity contribution in [1.29, 1.82) is 0 Å². The summed E-state index contributed by atoms with van der Waals surface area (Å²) >= 11 is 0. The van der Waals surface area contributed by atoms with Crippen molar-refractivity contribution in [2.24, 2.45) is 0 Å². The fourth-order valence-electron chi connectivity index (χ4n) is 4.47. The van der Waals surface area contributed by atoms with Gasteiger partial charge in [0, 0.05) is 18.2 Å². The number of hydrogen-bond acceptors (Lipinski definition) is 5. The Morgan fingerprint density at radius 2 is 1.62 bits per heavy atom. The number of fused-ring (bicyclic) bond motifs is 1. The Morgan fingerprint density at radius 1 is 0.875 bits per heavy atom. The zero-order chi connectivity index (χ0) is 28.0.